The van der Waals surface area contributed by atoms with Crippen LogP contribution in [0.2, 0.25) is 0 Å². The Balaban J connectivity index is 1.58. The number of para-hydroxylation sites is 1. The monoisotopic (exact) mass is 317 g/mol. The van der Waals surface area contributed by atoms with Crippen LogP contribution in [0.3, 0.4) is 0 Å². The molecule has 0 spiro atoms. The number of hydrogen-bond donors (Lipinski definition) is 2. The Morgan fingerprint density at radius 3 is 2.91 bits per heavy atom. The zero-order chi connectivity index (χ0) is 15.5. The second-order valence-corrected chi connectivity index (χ2v) is 6.28. The van der Waals surface area contributed by atoms with E-state index >= 15 is 0 Å². The second-order valence-electron chi connectivity index (χ2n) is 5.33. The Bertz CT molecular complexity index is 680. The van der Waals surface area contributed by atoms with Crippen LogP contribution in [0.25, 0.3) is 0 Å². The zero-order valence-electron chi connectivity index (χ0n) is 12.5. The normalized spacial score (nSPS) is 14.0. The van der Waals surface area contributed by atoms with Crippen molar-refractivity contribution in [2.45, 2.75) is 37.3 Å². The van der Waals surface area contributed by atoms with Crippen LogP contribution in [0.5, 0.6) is 0 Å². The molecule has 1 aliphatic rings. The zero-order valence-corrected chi connectivity index (χ0v) is 13.3. The van der Waals surface area contributed by atoms with Crippen LogP contribution >= 0.6 is 11.8 Å². The summed E-state index contributed by atoms with van der Waals surface area (Å²) in [6.07, 6.45) is 3.12. The van der Waals surface area contributed by atoms with Crippen LogP contribution < -0.4 is 11.2 Å². The number of nitrogens with two attached hydrogens (primary N) is 1. The molecule has 0 saturated heterocycles. The molecule has 1 heterocycles. The van der Waals surface area contributed by atoms with Gasteiger partial charge in [0.25, 0.3) is 0 Å². The van der Waals surface area contributed by atoms with E-state index in [1.807, 2.05) is 24.3 Å². The molecule has 22 heavy (non-hydrogen) atoms. The van der Waals surface area contributed by atoms with Gasteiger partial charge in [-0.2, -0.15) is 0 Å². The summed E-state index contributed by atoms with van der Waals surface area (Å²) in [5.74, 6) is 7.42. The molecule has 1 amide bonds. The Hall–Kier alpha value is -2.02. The predicted molar refractivity (Wildman–Crippen MR) is 87.3 cm³/mol. The van der Waals surface area contributed by atoms with E-state index in [9.17, 15) is 4.79 Å². The first-order chi connectivity index (χ1) is 10.7. The number of thioether (sulfide) groups is 1. The molecule has 116 valence electrons. The molecule has 3 N–H and O–H groups in total. The smallest absolute Gasteiger partial charge is 0.234 e. The fraction of sp³-hybridized carbons (Fsp3) is 0.400. The third kappa shape index (κ3) is 3.24. The van der Waals surface area contributed by atoms with E-state index in [1.165, 1.54) is 16.4 Å². The van der Waals surface area contributed by atoms with E-state index in [2.05, 4.69) is 22.4 Å². The van der Waals surface area contributed by atoms with Gasteiger partial charge in [-0.05, 0) is 30.9 Å². The van der Waals surface area contributed by atoms with E-state index in [0.29, 0.717) is 11.1 Å². The topological polar surface area (TPSA) is 85.8 Å². The molecule has 0 atom stereocenters. The fourth-order valence-electron chi connectivity index (χ4n) is 2.27. The molecule has 1 saturated carbocycles. The Morgan fingerprint density at radius 1 is 1.41 bits per heavy atom. The minimum atomic E-state index is -0.0677. The number of aryl methyl sites for hydroxylation is 1. The van der Waals surface area contributed by atoms with Gasteiger partial charge in [0.05, 0.1) is 5.75 Å². The van der Waals surface area contributed by atoms with E-state index in [1.54, 1.807) is 0 Å². The molecule has 0 aliphatic heterocycles. The summed E-state index contributed by atoms with van der Waals surface area (Å²) >= 11 is 1.31. The van der Waals surface area contributed by atoms with Crippen molar-refractivity contribution in [3.63, 3.8) is 0 Å². The fourth-order valence-corrected chi connectivity index (χ4v) is 2.94. The van der Waals surface area contributed by atoms with E-state index < -0.39 is 0 Å². The number of benzene rings is 1. The highest BCUT2D eigenvalue weighted by Crippen LogP contribution is 2.39. The maximum atomic E-state index is 12.1. The maximum absolute atomic E-state index is 12.1. The summed E-state index contributed by atoms with van der Waals surface area (Å²) in [7, 11) is 0. The highest BCUT2D eigenvalue weighted by atomic mass is 32.2. The third-order valence-corrected chi connectivity index (χ3v) is 4.58. The van der Waals surface area contributed by atoms with Gasteiger partial charge in [-0.3, -0.25) is 4.79 Å². The number of hydrogen-bond acceptors (Lipinski definition) is 5. The third-order valence-electron chi connectivity index (χ3n) is 3.64. The van der Waals surface area contributed by atoms with Crippen LogP contribution in [-0.4, -0.2) is 26.5 Å². The standard InChI is InChI=1S/C15H19N5OS/c1-2-10-5-3-4-6-12(10)17-13(21)9-22-15-19-18-14(20(15)16)11-7-8-11/h3-6,11H,2,7-9,16H2,1H3,(H,17,21). The van der Waals surface area contributed by atoms with Gasteiger partial charge in [-0.1, -0.05) is 36.9 Å². The molecule has 1 aromatic heterocycles. The molecule has 1 aromatic carbocycles. The van der Waals surface area contributed by atoms with Gasteiger partial charge in [0.15, 0.2) is 5.82 Å². The van der Waals surface area contributed by atoms with Crippen LogP contribution in [0.4, 0.5) is 5.69 Å². The summed E-state index contributed by atoms with van der Waals surface area (Å²) in [5, 5.41) is 11.7. The van der Waals surface area contributed by atoms with Gasteiger partial charge in [0.1, 0.15) is 0 Å². The first kappa shape index (κ1) is 14.9. The molecule has 0 unspecified atom stereocenters. The van der Waals surface area contributed by atoms with Gasteiger partial charge < -0.3 is 11.2 Å². The molecule has 2 aromatic rings. The van der Waals surface area contributed by atoms with Crippen molar-refractivity contribution in [1.29, 1.82) is 0 Å². The number of aromatic nitrogens is 3. The summed E-state index contributed by atoms with van der Waals surface area (Å²) in [6.45, 7) is 2.07. The number of rotatable bonds is 6. The number of nitrogens with zero attached hydrogens (tertiary/aromatic N) is 3. The summed E-state index contributed by atoms with van der Waals surface area (Å²) in [4.78, 5) is 12.1. The van der Waals surface area contributed by atoms with E-state index in [-0.39, 0.29) is 11.7 Å². The number of anilines is 1. The highest BCUT2D eigenvalue weighted by Gasteiger charge is 2.30. The van der Waals surface area contributed by atoms with Crippen LogP contribution in [-0.2, 0) is 11.2 Å². The Morgan fingerprint density at radius 2 is 2.18 bits per heavy atom. The van der Waals surface area contributed by atoms with Crippen molar-refractivity contribution in [2.75, 3.05) is 16.9 Å². The number of amides is 1. The Kier molecular flexibility index (Phi) is 4.33. The lowest BCUT2D eigenvalue weighted by atomic mass is 10.1. The van der Waals surface area contributed by atoms with Gasteiger partial charge >= 0.3 is 0 Å². The first-order valence-electron chi connectivity index (χ1n) is 7.40. The molecule has 0 radical (unpaired) electrons. The number of nitrogen functional groups attached to an aromatic ring is 1. The Labute approximate surface area is 133 Å². The van der Waals surface area contributed by atoms with Gasteiger partial charge in [-0.15, -0.1) is 10.2 Å². The summed E-state index contributed by atoms with van der Waals surface area (Å²) in [5.41, 5.74) is 1.99. The van der Waals surface area contributed by atoms with Crippen LogP contribution in [0.15, 0.2) is 29.4 Å². The average molecular weight is 317 g/mol. The van der Waals surface area contributed by atoms with Gasteiger partial charge in [-0.25, -0.2) is 4.68 Å². The molecule has 6 nitrogen and oxygen atoms in total. The molecule has 1 fully saturated rings. The molecule has 0 bridgehead atoms. The molecule has 7 heteroatoms. The van der Waals surface area contributed by atoms with Gasteiger partial charge in [0.2, 0.25) is 11.1 Å². The highest BCUT2D eigenvalue weighted by molar-refractivity contribution is 7.99. The average Bonchev–Trinajstić information content (AvgIpc) is 3.30. The molecule has 3 rings (SSSR count). The van der Waals surface area contributed by atoms with Crippen molar-refractivity contribution in [2.24, 2.45) is 0 Å². The first-order valence-corrected chi connectivity index (χ1v) is 8.38. The second kappa shape index (κ2) is 6.39. The lowest BCUT2D eigenvalue weighted by Crippen LogP contribution is -2.17. The van der Waals surface area contributed by atoms with E-state index in [4.69, 9.17) is 5.84 Å². The number of nitrogens with one attached hydrogen (secondary N) is 1. The molecule has 1 aliphatic carbocycles. The van der Waals surface area contributed by atoms with Crippen molar-refractivity contribution >= 4 is 23.4 Å². The number of carbonyl (C=O) groups is 1. The van der Waals surface area contributed by atoms with Crippen molar-refractivity contribution in [3.05, 3.63) is 35.7 Å². The SMILES string of the molecule is CCc1ccccc1NC(=O)CSc1nnc(C2CC2)n1N. The number of carbonyl (C=O) groups excluding carboxylic acids is 1. The van der Waals surface area contributed by atoms with Crippen LogP contribution in [0.1, 0.15) is 37.1 Å². The minimum Gasteiger partial charge on any atom is -0.336 e. The van der Waals surface area contributed by atoms with Crippen LogP contribution in [0, 0.1) is 0 Å². The van der Waals surface area contributed by atoms with Crippen molar-refractivity contribution < 1.29 is 4.79 Å². The molecular formula is C15H19N5OS. The van der Waals surface area contributed by atoms with E-state index in [0.717, 1.165) is 36.3 Å². The minimum absolute atomic E-state index is 0.0677. The lowest BCUT2D eigenvalue weighted by molar-refractivity contribution is -0.113. The summed E-state index contributed by atoms with van der Waals surface area (Å²) < 4.78 is 1.51. The molecular weight excluding hydrogens is 298 g/mol. The lowest BCUT2D eigenvalue weighted by Gasteiger charge is -2.09. The van der Waals surface area contributed by atoms with Gasteiger partial charge in [0, 0.05) is 11.6 Å². The largest absolute Gasteiger partial charge is 0.336 e. The predicted octanol–water partition coefficient (Wildman–Crippen LogP) is 2.16. The summed E-state index contributed by atoms with van der Waals surface area (Å²) in [6, 6.07) is 7.82. The van der Waals surface area contributed by atoms with Crippen molar-refractivity contribution in [3.8, 4) is 0 Å². The maximum Gasteiger partial charge on any atom is 0.234 e. The quantitative estimate of drug-likeness (QED) is 0.630. The van der Waals surface area contributed by atoms with Crippen molar-refractivity contribution in [1.82, 2.24) is 14.9 Å².